The normalized spacial score (nSPS) is 11.4. The van der Waals surface area contributed by atoms with Gasteiger partial charge in [0, 0.05) is 45.5 Å². The SMILES string of the molecule is Cc1sc2nc(-c3cccnc3)n(CC(=O)c3c[nH]c4ccccc34)c(=O)c2c1C. The van der Waals surface area contributed by atoms with Gasteiger partial charge in [-0.25, -0.2) is 4.98 Å². The molecule has 0 spiro atoms. The first-order chi connectivity index (χ1) is 14.5. The van der Waals surface area contributed by atoms with Gasteiger partial charge in [0.05, 0.1) is 11.9 Å². The molecule has 30 heavy (non-hydrogen) atoms. The molecule has 0 unspecified atom stereocenters. The highest BCUT2D eigenvalue weighted by Crippen LogP contribution is 2.29. The summed E-state index contributed by atoms with van der Waals surface area (Å²) in [5, 5.41) is 1.42. The number of rotatable bonds is 4. The van der Waals surface area contributed by atoms with E-state index in [1.54, 1.807) is 24.7 Å². The minimum Gasteiger partial charge on any atom is -0.360 e. The van der Waals surface area contributed by atoms with E-state index in [0.717, 1.165) is 21.3 Å². The molecule has 0 aliphatic rings. The predicted molar refractivity (Wildman–Crippen MR) is 119 cm³/mol. The summed E-state index contributed by atoms with van der Waals surface area (Å²) in [5.74, 6) is 0.306. The van der Waals surface area contributed by atoms with E-state index in [2.05, 4.69) is 9.97 Å². The van der Waals surface area contributed by atoms with Crippen LogP contribution < -0.4 is 5.56 Å². The third-order valence-electron chi connectivity index (χ3n) is 5.40. The zero-order chi connectivity index (χ0) is 20.8. The molecule has 0 fully saturated rings. The van der Waals surface area contributed by atoms with Gasteiger partial charge in [0.25, 0.3) is 5.56 Å². The summed E-state index contributed by atoms with van der Waals surface area (Å²) < 4.78 is 1.47. The Labute approximate surface area is 175 Å². The van der Waals surface area contributed by atoms with E-state index in [1.165, 1.54) is 15.9 Å². The number of nitrogens with zero attached hydrogens (tertiary/aromatic N) is 3. The van der Waals surface area contributed by atoms with E-state index >= 15 is 0 Å². The maximum atomic E-state index is 13.5. The zero-order valence-corrected chi connectivity index (χ0v) is 17.3. The van der Waals surface area contributed by atoms with Gasteiger partial charge < -0.3 is 4.98 Å². The lowest BCUT2D eigenvalue weighted by Gasteiger charge is -2.12. The molecule has 6 nitrogen and oxygen atoms in total. The average molecular weight is 414 g/mol. The van der Waals surface area contributed by atoms with Crippen LogP contribution in [0.4, 0.5) is 0 Å². The number of H-pyrrole nitrogens is 1. The number of hydrogen-bond acceptors (Lipinski definition) is 5. The van der Waals surface area contributed by atoms with E-state index in [1.807, 2.05) is 44.2 Å². The first-order valence-electron chi connectivity index (χ1n) is 9.55. The summed E-state index contributed by atoms with van der Waals surface area (Å²) in [7, 11) is 0. The quantitative estimate of drug-likeness (QED) is 0.439. The van der Waals surface area contributed by atoms with E-state index in [-0.39, 0.29) is 17.9 Å². The lowest BCUT2D eigenvalue weighted by Crippen LogP contribution is -2.27. The molecule has 0 amide bonds. The van der Waals surface area contributed by atoms with Crippen LogP contribution in [-0.4, -0.2) is 25.3 Å². The Balaban J connectivity index is 1.71. The molecule has 0 saturated heterocycles. The Bertz CT molecular complexity index is 1480. The Kier molecular flexibility index (Phi) is 4.33. The number of aromatic amines is 1. The number of thiophene rings is 1. The molecule has 7 heteroatoms. The number of ketones is 1. The number of nitrogens with one attached hydrogen (secondary N) is 1. The van der Waals surface area contributed by atoms with Crippen molar-refractivity contribution >= 4 is 38.2 Å². The van der Waals surface area contributed by atoms with Crippen molar-refractivity contribution < 1.29 is 4.79 Å². The topological polar surface area (TPSA) is 80.6 Å². The second-order valence-electron chi connectivity index (χ2n) is 7.20. The molecule has 0 radical (unpaired) electrons. The van der Waals surface area contributed by atoms with Gasteiger partial charge in [0.2, 0.25) is 0 Å². The summed E-state index contributed by atoms with van der Waals surface area (Å²) in [6.07, 6.45) is 5.03. The number of aryl methyl sites for hydroxylation is 2. The number of para-hydroxylation sites is 1. The molecule has 4 heterocycles. The standard InChI is InChI=1S/C23H18N4O2S/c1-13-14(2)30-22-20(13)23(29)27(21(26-22)15-6-5-9-24-10-15)12-19(28)17-11-25-18-8-4-3-7-16(17)18/h3-11,25H,12H2,1-2H3. The molecular formula is C23H18N4O2S. The molecule has 0 bridgehead atoms. The van der Waals surface area contributed by atoms with Crippen LogP contribution in [0.1, 0.15) is 20.8 Å². The second kappa shape index (κ2) is 7.03. The van der Waals surface area contributed by atoms with Crippen molar-refractivity contribution in [3.8, 4) is 11.4 Å². The van der Waals surface area contributed by atoms with Gasteiger partial charge >= 0.3 is 0 Å². The molecule has 148 valence electrons. The Hall–Kier alpha value is -3.58. The van der Waals surface area contributed by atoms with Crippen LogP contribution in [0, 0.1) is 13.8 Å². The van der Waals surface area contributed by atoms with Gasteiger partial charge in [0.15, 0.2) is 5.78 Å². The first kappa shape index (κ1) is 18.4. The summed E-state index contributed by atoms with van der Waals surface area (Å²) >= 11 is 1.49. The molecule has 5 rings (SSSR count). The Morgan fingerprint density at radius 2 is 2.00 bits per heavy atom. The van der Waals surface area contributed by atoms with Crippen LogP contribution in [0.2, 0.25) is 0 Å². The fourth-order valence-corrected chi connectivity index (χ4v) is 4.74. The van der Waals surface area contributed by atoms with E-state index in [9.17, 15) is 9.59 Å². The van der Waals surface area contributed by atoms with Gasteiger partial charge in [-0.05, 0) is 37.6 Å². The number of fused-ring (bicyclic) bond motifs is 2. The third-order valence-corrected chi connectivity index (χ3v) is 6.50. The maximum Gasteiger partial charge on any atom is 0.263 e. The monoisotopic (exact) mass is 414 g/mol. The van der Waals surface area contributed by atoms with E-state index in [0.29, 0.717) is 27.2 Å². The summed E-state index contributed by atoms with van der Waals surface area (Å²) in [5.41, 5.74) is 2.87. The number of benzene rings is 1. The number of carbonyl (C=O) groups is 1. The van der Waals surface area contributed by atoms with Crippen LogP contribution in [0.15, 0.2) is 59.8 Å². The summed E-state index contributed by atoms with van der Waals surface area (Å²) in [6.45, 7) is 3.81. The van der Waals surface area contributed by atoms with Gasteiger partial charge in [-0.1, -0.05) is 18.2 Å². The van der Waals surface area contributed by atoms with Gasteiger partial charge in [-0.2, -0.15) is 0 Å². The zero-order valence-electron chi connectivity index (χ0n) is 16.5. The van der Waals surface area contributed by atoms with E-state index in [4.69, 9.17) is 4.98 Å². The molecule has 0 atom stereocenters. The predicted octanol–water partition coefficient (Wildman–Crippen LogP) is 4.50. The molecule has 0 aliphatic carbocycles. The molecular weight excluding hydrogens is 396 g/mol. The third kappa shape index (κ3) is 2.86. The highest BCUT2D eigenvalue weighted by atomic mass is 32.1. The molecule has 0 aliphatic heterocycles. The van der Waals surface area contributed by atoms with Gasteiger partial charge in [-0.15, -0.1) is 11.3 Å². The van der Waals surface area contributed by atoms with Crippen LogP contribution >= 0.6 is 11.3 Å². The van der Waals surface area contributed by atoms with Crippen LogP contribution in [-0.2, 0) is 6.54 Å². The van der Waals surface area contributed by atoms with Crippen molar-refractivity contribution in [1.29, 1.82) is 0 Å². The number of carbonyl (C=O) groups excluding carboxylic acids is 1. The Morgan fingerprint density at radius 1 is 1.17 bits per heavy atom. The second-order valence-corrected chi connectivity index (χ2v) is 8.41. The maximum absolute atomic E-state index is 13.5. The number of Topliss-reactive ketones (excluding diaryl/α,β-unsaturated/α-hetero) is 1. The first-order valence-corrected chi connectivity index (χ1v) is 10.4. The molecule has 1 N–H and O–H groups in total. The lowest BCUT2D eigenvalue weighted by atomic mass is 10.1. The fourth-order valence-electron chi connectivity index (χ4n) is 3.72. The highest BCUT2D eigenvalue weighted by Gasteiger charge is 2.21. The van der Waals surface area contributed by atoms with Crippen LogP contribution in [0.3, 0.4) is 0 Å². The minimum absolute atomic E-state index is 0.0951. The molecule has 4 aromatic heterocycles. The minimum atomic E-state index is -0.200. The number of aromatic nitrogens is 4. The van der Waals surface area contributed by atoms with Gasteiger partial charge in [-0.3, -0.25) is 19.1 Å². The largest absolute Gasteiger partial charge is 0.360 e. The van der Waals surface area contributed by atoms with Gasteiger partial charge in [0.1, 0.15) is 10.7 Å². The molecule has 1 aromatic carbocycles. The van der Waals surface area contributed by atoms with Crippen molar-refractivity contribution in [2.24, 2.45) is 0 Å². The van der Waals surface area contributed by atoms with Crippen LogP contribution in [0.25, 0.3) is 32.5 Å². The summed E-state index contributed by atoms with van der Waals surface area (Å²) in [4.78, 5) is 40.5. The smallest absolute Gasteiger partial charge is 0.263 e. The van der Waals surface area contributed by atoms with Crippen molar-refractivity contribution in [3.63, 3.8) is 0 Å². The number of pyridine rings is 1. The summed E-state index contributed by atoms with van der Waals surface area (Å²) in [6, 6.07) is 11.3. The fraction of sp³-hybridized carbons (Fsp3) is 0.130. The van der Waals surface area contributed by atoms with Crippen molar-refractivity contribution in [1.82, 2.24) is 19.5 Å². The number of hydrogen-bond donors (Lipinski definition) is 1. The van der Waals surface area contributed by atoms with Crippen LogP contribution in [0.5, 0.6) is 0 Å². The molecule has 0 saturated carbocycles. The van der Waals surface area contributed by atoms with Crippen molar-refractivity contribution in [2.45, 2.75) is 20.4 Å². The average Bonchev–Trinajstić information content (AvgIpc) is 3.31. The van der Waals surface area contributed by atoms with E-state index < -0.39 is 0 Å². The lowest BCUT2D eigenvalue weighted by molar-refractivity contribution is 0.0973. The van der Waals surface area contributed by atoms with Crippen molar-refractivity contribution in [2.75, 3.05) is 0 Å². The Morgan fingerprint density at radius 3 is 2.80 bits per heavy atom. The highest BCUT2D eigenvalue weighted by molar-refractivity contribution is 7.18. The molecule has 5 aromatic rings. The van der Waals surface area contributed by atoms with Crippen molar-refractivity contribution in [3.05, 3.63) is 81.3 Å².